The number of aromatic nitrogens is 2. The zero-order valence-corrected chi connectivity index (χ0v) is 15.4. The van der Waals surface area contributed by atoms with Crippen LogP contribution in [0.5, 0.6) is 0 Å². The lowest BCUT2D eigenvalue weighted by molar-refractivity contribution is 0.262. The maximum absolute atomic E-state index is 12.2. The van der Waals surface area contributed by atoms with Crippen molar-refractivity contribution < 1.29 is 4.79 Å². The zero-order valence-electron chi connectivity index (χ0n) is 14.6. The molecule has 2 aromatic carbocycles. The van der Waals surface area contributed by atoms with E-state index < -0.39 is 0 Å². The number of nitrogens with zero attached hydrogens (tertiary/aromatic N) is 2. The van der Waals surface area contributed by atoms with Crippen molar-refractivity contribution in [3.05, 3.63) is 83.6 Å². The van der Waals surface area contributed by atoms with Crippen molar-refractivity contribution in [3.8, 4) is 11.3 Å². The van der Waals surface area contributed by atoms with Crippen molar-refractivity contribution >= 4 is 34.7 Å². The number of imidazole rings is 1. The van der Waals surface area contributed by atoms with Crippen molar-refractivity contribution in [2.24, 2.45) is 0 Å². The van der Waals surface area contributed by atoms with Crippen molar-refractivity contribution in [1.82, 2.24) is 9.38 Å². The predicted octanol–water partition coefficient (Wildman–Crippen LogP) is 5.61. The second-order valence-corrected chi connectivity index (χ2v) is 6.65. The molecule has 134 valence electrons. The molecule has 0 aliphatic carbocycles. The molecule has 0 unspecified atom stereocenters. The summed E-state index contributed by atoms with van der Waals surface area (Å²) in [4.78, 5) is 16.9. The van der Waals surface area contributed by atoms with E-state index in [1.165, 1.54) is 0 Å². The molecule has 5 nitrogen and oxygen atoms in total. The highest BCUT2D eigenvalue weighted by molar-refractivity contribution is 6.30. The number of rotatable bonds is 3. The maximum atomic E-state index is 12.2. The Hall–Kier alpha value is -3.31. The molecule has 27 heavy (non-hydrogen) atoms. The van der Waals surface area contributed by atoms with Gasteiger partial charge in [0.25, 0.3) is 0 Å². The SMILES string of the molecule is Cc1cccn2cc(-c3cccc(NC(=O)Nc4cccc(Cl)c4)c3)nc12. The summed E-state index contributed by atoms with van der Waals surface area (Å²) in [5.41, 5.74) is 5.12. The van der Waals surface area contributed by atoms with E-state index in [9.17, 15) is 4.79 Å². The number of halogens is 1. The lowest BCUT2D eigenvalue weighted by Crippen LogP contribution is -2.19. The number of benzene rings is 2. The predicted molar refractivity (Wildman–Crippen MR) is 109 cm³/mol. The third-order valence-electron chi connectivity index (χ3n) is 4.18. The summed E-state index contributed by atoms with van der Waals surface area (Å²) in [6, 6.07) is 18.3. The van der Waals surface area contributed by atoms with Gasteiger partial charge in [0.1, 0.15) is 5.65 Å². The lowest BCUT2D eigenvalue weighted by Gasteiger charge is -2.08. The lowest BCUT2D eigenvalue weighted by atomic mass is 10.1. The summed E-state index contributed by atoms with van der Waals surface area (Å²) < 4.78 is 2.00. The van der Waals surface area contributed by atoms with E-state index in [0.717, 1.165) is 22.5 Å². The maximum Gasteiger partial charge on any atom is 0.323 e. The van der Waals surface area contributed by atoms with Gasteiger partial charge >= 0.3 is 6.03 Å². The average Bonchev–Trinajstić information content (AvgIpc) is 3.08. The van der Waals surface area contributed by atoms with Crippen LogP contribution in [0, 0.1) is 6.92 Å². The number of hydrogen-bond acceptors (Lipinski definition) is 2. The first-order valence-electron chi connectivity index (χ1n) is 8.47. The number of carbonyl (C=O) groups excluding carboxylic acids is 1. The first-order chi connectivity index (χ1) is 13.1. The first-order valence-corrected chi connectivity index (χ1v) is 8.85. The zero-order chi connectivity index (χ0) is 18.8. The quantitative estimate of drug-likeness (QED) is 0.488. The third kappa shape index (κ3) is 3.78. The van der Waals surface area contributed by atoms with Crippen LogP contribution in [0.4, 0.5) is 16.2 Å². The van der Waals surface area contributed by atoms with Crippen LogP contribution in [-0.2, 0) is 0 Å². The largest absolute Gasteiger partial charge is 0.323 e. The minimum atomic E-state index is -0.333. The van der Waals surface area contributed by atoms with Crippen LogP contribution < -0.4 is 10.6 Å². The highest BCUT2D eigenvalue weighted by Crippen LogP contribution is 2.24. The molecule has 0 fully saturated rings. The standard InChI is InChI=1S/C21H17ClN4O/c1-14-5-4-10-26-13-19(25-20(14)26)15-6-2-8-17(11-15)23-21(27)24-18-9-3-7-16(22)12-18/h2-13H,1H3,(H2,23,24,27). The van der Waals surface area contributed by atoms with E-state index in [4.69, 9.17) is 16.6 Å². The fourth-order valence-electron chi connectivity index (χ4n) is 2.91. The molecule has 0 aliphatic rings. The van der Waals surface area contributed by atoms with Gasteiger partial charge in [0, 0.05) is 34.4 Å². The van der Waals surface area contributed by atoms with Crippen LogP contribution >= 0.6 is 11.6 Å². The Balaban J connectivity index is 1.55. The van der Waals surface area contributed by atoms with Gasteiger partial charge in [-0.1, -0.05) is 35.9 Å². The minimum absolute atomic E-state index is 0.333. The van der Waals surface area contributed by atoms with Gasteiger partial charge in [-0.2, -0.15) is 0 Å². The highest BCUT2D eigenvalue weighted by Gasteiger charge is 2.08. The van der Waals surface area contributed by atoms with E-state index >= 15 is 0 Å². The number of hydrogen-bond donors (Lipinski definition) is 2. The molecule has 2 heterocycles. The van der Waals surface area contributed by atoms with Crippen molar-refractivity contribution in [1.29, 1.82) is 0 Å². The van der Waals surface area contributed by atoms with E-state index in [2.05, 4.69) is 10.6 Å². The van der Waals surface area contributed by atoms with Crippen LogP contribution in [0.1, 0.15) is 5.56 Å². The van der Waals surface area contributed by atoms with E-state index in [0.29, 0.717) is 16.4 Å². The monoisotopic (exact) mass is 376 g/mol. The Morgan fingerprint density at radius 1 is 1.00 bits per heavy atom. The minimum Gasteiger partial charge on any atom is -0.308 e. The number of amides is 2. The molecule has 0 radical (unpaired) electrons. The van der Waals surface area contributed by atoms with Gasteiger partial charge in [-0.15, -0.1) is 0 Å². The molecule has 0 spiro atoms. The van der Waals surface area contributed by atoms with Crippen LogP contribution in [0.25, 0.3) is 16.9 Å². The summed E-state index contributed by atoms with van der Waals surface area (Å²) in [6.07, 6.45) is 3.95. The van der Waals surface area contributed by atoms with Crippen molar-refractivity contribution in [2.75, 3.05) is 10.6 Å². The van der Waals surface area contributed by atoms with Gasteiger partial charge in [-0.05, 0) is 48.9 Å². The summed E-state index contributed by atoms with van der Waals surface area (Å²) in [6.45, 7) is 2.03. The Morgan fingerprint density at radius 2 is 1.74 bits per heavy atom. The summed E-state index contributed by atoms with van der Waals surface area (Å²) >= 11 is 5.94. The number of urea groups is 1. The number of fused-ring (bicyclic) bond motifs is 1. The smallest absolute Gasteiger partial charge is 0.308 e. The van der Waals surface area contributed by atoms with Crippen molar-refractivity contribution in [2.45, 2.75) is 6.92 Å². The topological polar surface area (TPSA) is 58.4 Å². The molecule has 2 aromatic heterocycles. The Bertz CT molecular complexity index is 1140. The molecule has 0 saturated carbocycles. The number of aryl methyl sites for hydroxylation is 1. The molecule has 4 aromatic rings. The number of carbonyl (C=O) groups is 1. The Morgan fingerprint density at radius 3 is 2.48 bits per heavy atom. The molecule has 2 amide bonds. The number of nitrogens with one attached hydrogen (secondary N) is 2. The van der Waals surface area contributed by atoms with Gasteiger partial charge in [0.2, 0.25) is 0 Å². The van der Waals surface area contributed by atoms with Crippen LogP contribution in [0.15, 0.2) is 73.1 Å². The molecule has 0 bridgehead atoms. The Labute approximate surface area is 161 Å². The molecule has 0 aliphatic heterocycles. The molecule has 2 N–H and O–H groups in total. The molecular formula is C21H17ClN4O. The van der Waals surface area contributed by atoms with Crippen LogP contribution in [0.2, 0.25) is 5.02 Å². The molecule has 0 atom stereocenters. The summed E-state index contributed by atoms with van der Waals surface area (Å²) in [7, 11) is 0. The third-order valence-corrected chi connectivity index (χ3v) is 4.41. The van der Waals surface area contributed by atoms with Crippen LogP contribution in [-0.4, -0.2) is 15.4 Å². The highest BCUT2D eigenvalue weighted by atomic mass is 35.5. The van der Waals surface area contributed by atoms with Crippen LogP contribution in [0.3, 0.4) is 0 Å². The van der Waals surface area contributed by atoms with E-state index in [1.807, 2.05) is 60.1 Å². The fourth-order valence-corrected chi connectivity index (χ4v) is 3.10. The molecule has 4 rings (SSSR count). The van der Waals surface area contributed by atoms with Crippen molar-refractivity contribution in [3.63, 3.8) is 0 Å². The van der Waals surface area contributed by atoms with Gasteiger partial charge in [-0.25, -0.2) is 9.78 Å². The summed E-state index contributed by atoms with van der Waals surface area (Å²) in [5.74, 6) is 0. The number of anilines is 2. The Kier molecular flexibility index (Phi) is 4.52. The second kappa shape index (κ2) is 7.13. The number of pyridine rings is 1. The summed E-state index contributed by atoms with van der Waals surface area (Å²) in [5, 5.41) is 6.17. The molecule has 6 heteroatoms. The van der Waals surface area contributed by atoms with Gasteiger partial charge < -0.3 is 15.0 Å². The average molecular weight is 377 g/mol. The molecular weight excluding hydrogens is 360 g/mol. The van der Waals surface area contributed by atoms with Gasteiger partial charge in [0.05, 0.1) is 5.69 Å². The normalized spacial score (nSPS) is 10.7. The molecule has 0 saturated heterocycles. The van der Waals surface area contributed by atoms with Gasteiger partial charge in [0.15, 0.2) is 0 Å². The van der Waals surface area contributed by atoms with E-state index in [-0.39, 0.29) is 6.03 Å². The van der Waals surface area contributed by atoms with E-state index in [1.54, 1.807) is 24.3 Å². The van der Waals surface area contributed by atoms with Gasteiger partial charge in [-0.3, -0.25) is 0 Å². The second-order valence-electron chi connectivity index (χ2n) is 6.22. The fraction of sp³-hybridized carbons (Fsp3) is 0.0476. The first kappa shape index (κ1) is 17.1.